The highest BCUT2D eigenvalue weighted by Gasteiger charge is 2.39. The summed E-state index contributed by atoms with van der Waals surface area (Å²) in [5, 5.41) is 9.20. The number of halogens is 1. The van der Waals surface area contributed by atoms with Gasteiger partial charge in [0, 0.05) is 18.3 Å². The van der Waals surface area contributed by atoms with Crippen LogP contribution >= 0.6 is 15.9 Å². The maximum absolute atomic E-state index is 11.8. The van der Waals surface area contributed by atoms with E-state index in [4.69, 9.17) is 9.47 Å². The Kier molecular flexibility index (Phi) is 3.87. The number of aromatic carboxylic acids is 1. The van der Waals surface area contributed by atoms with Crippen molar-refractivity contribution in [3.63, 3.8) is 0 Å². The van der Waals surface area contributed by atoms with Gasteiger partial charge in [0.05, 0.1) is 5.56 Å². The van der Waals surface area contributed by atoms with Gasteiger partial charge in [-0.3, -0.25) is 0 Å². The summed E-state index contributed by atoms with van der Waals surface area (Å²) in [6, 6.07) is 4.61. The summed E-state index contributed by atoms with van der Waals surface area (Å²) in [6.07, 6.45) is 1.15. The quantitative estimate of drug-likeness (QED) is 0.498. The fourth-order valence-corrected chi connectivity index (χ4v) is 2.37. The average Bonchev–Trinajstić information content (AvgIpc) is 2.32. The molecule has 1 aliphatic heterocycles. The van der Waals surface area contributed by atoms with E-state index < -0.39 is 23.7 Å². The number of carboxylic acids is 1. The van der Waals surface area contributed by atoms with Crippen molar-refractivity contribution in [2.75, 3.05) is 0 Å². The number of ether oxygens (including phenoxy) is 2. The van der Waals surface area contributed by atoms with E-state index >= 15 is 0 Å². The molecular weight excluding hydrogens is 344 g/mol. The lowest BCUT2D eigenvalue weighted by Gasteiger charge is -2.29. The van der Waals surface area contributed by atoms with Gasteiger partial charge in [0.2, 0.25) is 0 Å². The van der Waals surface area contributed by atoms with Crippen LogP contribution in [0.4, 0.5) is 0 Å². The first-order valence-electron chi connectivity index (χ1n) is 5.91. The molecule has 1 aliphatic rings. The van der Waals surface area contributed by atoms with Crippen LogP contribution in [-0.4, -0.2) is 28.8 Å². The van der Waals surface area contributed by atoms with Crippen LogP contribution in [-0.2, 0) is 19.1 Å². The molecule has 0 amide bonds. The lowest BCUT2D eigenvalue weighted by molar-refractivity contribution is -0.222. The molecule has 0 unspecified atom stereocenters. The van der Waals surface area contributed by atoms with E-state index in [1.54, 1.807) is 12.1 Å². The molecule has 0 radical (unpaired) electrons. The SMILES string of the molecule is CC1(C)OC(=O)C(=Cc2cccc(Br)c2C(=O)O)C(=O)O1. The van der Waals surface area contributed by atoms with E-state index in [0.717, 1.165) is 6.08 Å². The first-order valence-corrected chi connectivity index (χ1v) is 6.71. The van der Waals surface area contributed by atoms with Crippen molar-refractivity contribution in [1.82, 2.24) is 0 Å². The highest BCUT2D eigenvalue weighted by Crippen LogP contribution is 2.27. The van der Waals surface area contributed by atoms with Gasteiger partial charge in [-0.1, -0.05) is 12.1 Å². The monoisotopic (exact) mass is 354 g/mol. The van der Waals surface area contributed by atoms with E-state index in [0.29, 0.717) is 4.47 Å². The Labute approximate surface area is 128 Å². The minimum Gasteiger partial charge on any atom is -0.478 e. The number of rotatable bonds is 2. The topological polar surface area (TPSA) is 89.9 Å². The maximum Gasteiger partial charge on any atom is 0.348 e. The first-order chi connectivity index (χ1) is 9.71. The zero-order valence-electron chi connectivity index (χ0n) is 11.2. The third-order valence-corrected chi connectivity index (χ3v) is 3.34. The summed E-state index contributed by atoms with van der Waals surface area (Å²) in [5.74, 6) is -4.23. The lowest BCUT2D eigenvalue weighted by atomic mass is 10.0. The maximum atomic E-state index is 11.8. The van der Waals surface area contributed by atoms with Crippen LogP contribution in [0, 0.1) is 0 Å². The molecule has 1 N–H and O–H groups in total. The van der Waals surface area contributed by atoms with Gasteiger partial charge in [0.25, 0.3) is 5.79 Å². The molecule has 0 spiro atoms. The van der Waals surface area contributed by atoms with Gasteiger partial charge in [-0.15, -0.1) is 0 Å². The molecule has 1 aromatic rings. The van der Waals surface area contributed by atoms with E-state index in [1.165, 1.54) is 19.9 Å². The molecule has 110 valence electrons. The number of hydrogen-bond donors (Lipinski definition) is 1. The van der Waals surface area contributed by atoms with Crippen molar-refractivity contribution in [1.29, 1.82) is 0 Å². The summed E-state index contributed by atoms with van der Waals surface area (Å²) in [5.41, 5.74) is -0.217. The second-order valence-corrected chi connectivity index (χ2v) is 5.60. The Hall–Kier alpha value is -2.15. The lowest BCUT2D eigenvalue weighted by Crippen LogP contribution is -2.41. The number of carbonyl (C=O) groups excluding carboxylic acids is 2. The fraction of sp³-hybridized carbons (Fsp3) is 0.214. The van der Waals surface area contributed by atoms with Crippen LogP contribution in [0.15, 0.2) is 28.2 Å². The second kappa shape index (κ2) is 5.33. The van der Waals surface area contributed by atoms with E-state index in [1.807, 2.05) is 0 Å². The molecule has 1 saturated heterocycles. The highest BCUT2D eigenvalue weighted by molar-refractivity contribution is 9.10. The summed E-state index contributed by atoms with van der Waals surface area (Å²) in [7, 11) is 0. The summed E-state index contributed by atoms with van der Waals surface area (Å²) in [4.78, 5) is 34.9. The normalized spacial score (nSPS) is 17.0. The van der Waals surface area contributed by atoms with Crippen molar-refractivity contribution < 1.29 is 29.0 Å². The van der Waals surface area contributed by atoms with Gasteiger partial charge in [-0.25, -0.2) is 14.4 Å². The molecule has 6 nitrogen and oxygen atoms in total. The minimum atomic E-state index is -1.33. The summed E-state index contributed by atoms with van der Waals surface area (Å²) < 4.78 is 10.2. The Balaban J connectivity index is 2.50. The predicted molar refractivity (Wildman–Crippen MR) is 75.3 cm³/mol. The summed E-state index contributed by atoms with van der Waals surface area (Å²) in [6.45, 7) is 2.86. The van der Waals surface area contributed by atoms with Crippen LogP contribution in [0.1, 0.15) is 29.8 Å². The van der Waals surface area contributed by atoms with Crippen molar-refractivity contribution in [2.45, 2.75) is 19.6 Å². The minimum absolute atomic E-state index is 0.0598. The first kappa shape index (κ1) is 15.2. The standard InChI is InChI=1S/C14H11BrO6/c1-14(2)20-12(18)8(13(19)21-14)6-7-4-3-5-9(15)10(7)11(16)17/h3-6H,1-2H3,(H,16,17). The number of carboxylic acid groups (broad SMARTS) is 1. The van der Waals surface area contributed by atoms with Crippen molar-refractivity contribution in [2.24, 2.45) is 0 Å². The van der Waals surface area contributed by atoms with Crippen molar-refractivity contribution in [3.8, 4) is 0 Å². The van der Waals surface area contributed by atoms with E-state index in [9.17, 15) is 19.5 Å². The number of hydrogen-bond acceptors (Lipinski definition) is 5. The number of esters is 2. The number of cyclic esters (lactones) is 2. The molecule has 1 aromatic carbocycles. The Bertz CT molecular complexity index is 652. The fourth-order valence-electron chi connectivity index (χ4n) is 1.82. The summed E-state index contributed by atoms with van der Waals surface area (Å²) >= 11 is 3.12. The molecule has 1 fully saturated rings. The zero-order chi connectivity index (χ0) is 15.8. The zero-order valence-corrected chi connectivity index (χ0v) is 12.8. The molecule has 0 bridgehead atoms. The third-order valence-electron chi connectivity index (χ3n) is 2.68. The average molecular weight is 355 g/mol. The van der Waals surface area contributed by atoms with Crippen molar-refractivity contribution in [3.05, 3.63) is 39.4 Å². The van der Waals surface area contributed by atoms with E-state index in [2.05, 4.69) is 15.9 Å². The highest BCUT2D eigenvalue weighted by atomic mass is 79.9. The van der Waals surface area contributed by atoms with Gasteiger partial charge < -0.3 is 14.6 Å². The van der Waals surface area contributed by atoms with Gasteiger partial charge in [-0.05, 0) is 33.6 Å². The Morgan fingerprint density at radius 1 is 1.24 bits per heavy atom. The Morgan fingerprint density at radius 2 is 1.81 bits per heavy atom. The predicted octanol–water partition coefficient (Wildman–Crippen LogP) is 2.37. The van der Waals surface area contributed by atoms with Gasteiger partial charge in [0.15, 0.2) is 0 Å². The van der Waals surface area contributed by atoms with Crippen molar-refractivity contribution >= 4 is 39.9 Å². The molecule has 0 atom stereocenters. The van der Waals surface area contributed by atoms with Crippen LogP contribution in [0.3, 0.4) is 0 Å². The van der Waals surface area contributed by atoms with Crippen LogP contribution in [0.5, 0.6) is 0 Å². The third kappa shape index (κ3) is 3.13. The molecule has 0 aromatic heterocycles. The second-order valence-electron chi connectivity index (χ2n) is 4.75. The number of benzene rings is 1. The molecule has 21 heavy (non-hydrogen) atoms. The van der Waals surface area contributed by atoms with Crippen LogP contribution < -0.4 is 0 Å². The smallest absolute Gasteiger partial charge is 0.348 e. The van der Waals surface area contributed by atoms with Gasteiger partial charge in [0.1, 0.15) is 5.57 Å². The molecule has 0 saturated carbocycles. The number of carbonyl (C=O) groups is 3. The van der Waals surface area contributed by atoms with Gasteiger partial charge >= 0.3 is 17.9 Å². The van der Waals surface area contributed by atoms with Crippen LogP contribution in [0.25, 0.3) is 6.08 Å². The Morgan fingerprint density at radius 3 is 2.33 bits per heavy atom. The molecule has 1 heterocycles. The molecule has 7 heteroatoms. The molecular formula is C14H11BrO6. The van der Waals surface area contributed by atoms with E-state index in [-0.39, 0.29) is 16.7 Å². The molecule has 0 aliphatic carbocycles. The van der Waals surface area contributed by atoms with Crippen LogP contribution in [0.2, 0.25) is 0 Å². The van der Waals surface area contributed by atoms with Gasteiger partial charge in [-0.2, -0.15) is 0 Å². The largest absolute Gasteiger partial charge is 0.478 e. The molecule has 2 rings (SSSR count).